The van der Waals surface area contributed by atoms with Gasteiger partial charge in [-0.15, -0.1) is 0 Å². The van der Waals surface area contributed by atoms with Crippen molar-refractivity contribution in [2.45, 2.75) is 6.42 Å². The lowest BCUT2D eigenvalue weighted by Crippen LogP contribution is -2.46. The molecule has 2 heterocycles. The molecule has 4 atom stereocenters. The molecule has 0 spiro atoms. The van der Waals surface area contributed by atoms with Crippen LogP contribution in [0.5, 0.6) is 0 Å². The Balaban J connectivity index is 1.21. The van der Waals surface area contributed by atoms with Crippen molar-refractivity contribution in [1.29, 1.82) is 0 Å². The van der Waals surface area contributed by atoms with Gasteiger partial charge in [-0.05, 0) is 42.5 Å². The number of nitrogens with zero attached hydrogens (tertiary/aromatic N) is 5. The molecular weight excluding hydrogens is 466 g/mol. The number of anilines is 3. The molecule has 11 heteroatoms. The van der Waals surface area contributed by atoms with Crippen molar-refractivity contribution in [3.63, 3.8) is 0 Å². The van der Waals surface area contributed by atoms with Crippen LogP contribution < -0.4 is 14.7 Å². The van der Waals surface area contributed by atoms with Gasteiger partial charge in [-0.3, -0.25) is 29.8 Å². The predicted molar refractivity (Wildman–Crippen MR) is 131 cm³/mol. The highest BCUT2D eigenvalue weighted by Gasteiger charge is 2.59. The normalized spacial score (nSPS) is 26.6. The lowest BCUT2D eigenvalue weighted by atomic mass is 9.85. The van der Waals surface area contributed by atoms with E-state index in [1.807, 2.05) is 17.1 Å². The number of allylic oxidation sites excluding steroid dienone is 2. The van der Waals surface area contributed by atoms with Crippen LogP contribution >= 0.6 is 0 Å². The first-order chi connectivity index (χ1) is 17.3. The van der Waals surface area contributed by atoms with Crippen LogP contribution in [-0.2, 0) is 9.59 Å². The van der Waals surface area contributed by atoms with Crippen LogP contribution in [0, 0.1) is 43.9 Å². The Labute approximate surface area is 205 Å². The quantitative estimate of drug-likeness (QED) is 0.271. The number of imide groups is 1. The van der Waals surface area contributed by atoms with E-state index in [1.165, 1.54) is 18.2 Å². The number of amides is 2. The van der Waals surface area contributed by atoms with Crippen molar-refractivity contribution in [3.05, 3.63) is 74.8 Å². The number of benzene rings is 2. The monoisotopic (exact) mass is 489 g/mol. The van der Waals surface area contributed by atoms with Crippen molar-refractivity contribution >= 4 is 40.3 Å². The molecule has 0 aromatic heterocycles. The van der Waals surface area contributed by atoms with E-state index in [4.69, 9.17) is 0 Å². The third-order valence-corrected chi connectivity index (χ3v) is 7.93. The fourth-order valence-corrected chi connectivity index (χ4v) is 6.21. The molecule has 1 saturated carbocycles. The third-order valence-electron chi connectivity index (χ3n) is 7.93. The molecule has 0 N–H and O–H groups in total. The molecular formula is C25H23N5O6. The molecule has 36 heavy (non-hydrogen) atoms. The number of nitro groups is 2. The molecule has 0 radical (unpaired) electrons. The molecule has 2 bridgehead atoms. The highest BCUT2D eigenvalue weighted by molar-refractivity contribution is 6.23. The summed E-state index contributed by atoms with van der Waals surface area (Å²) in [6, 6.07) is 10.9. The minimum absolute atomic E-state index is 0.0237. The lowest BCUT2D eigenvalue weighted by molar-refractivity contribution is -0.384. The maximum Gasteiger partial charge on any atom is 0.294 e. The summed E-state index contributed by atoms with van der Waals surface area (Å²) in [5.41, 5.74) is 1.42. The van der Waals surface area contributed by atoms with Crippen molar-refractivity contribution in [1.82, 2.24) is 0 Å². The summed E-state index contributed by atoms with van der Waals surface area (Å²) in [6.07, 6.45) is 4.86. The van der Waals surface area contributed by atoms with E-state index < -0.39 is 9.85 Å². The summed E-state index contributed by atoms with van der Waals surface area (Å²) in [7, 11) is 0. The number of nitro benzene ring substituents is 2. The third kappa shape index (κ3) is 3.34. The lowest BCUT2D eigenvalue weighted by Gasteiger charge is -2.37. The van der Waals surface area contributed by atoms with Gasteiger partial charge in [0.2, 0.25) is 11.8 Å². The zero-order chi connectivity index (χ0) is 25.1. The van der Waals surface area contributed by atoms with E-state index in [2.05, 4.69) is 4.90 Å². The summed E-state index contributed by atoms with van der Waals surface area (Å²) in [5, 5.41) is 22.9. The number of hydrogen-bond acceptors (Lipinski definition) is 8. The maximum atomic E-state index is 13.1. The van der Waals surface area contributed by atoms with Crippen molar-refractivity contribution in [3.8, 4) is 0 Å². The average molecular weight is 489 g/mol. The highest BCUT2D eigenvalue weighted by Crippen LogP contribution is 2.53. The van der Waals surface area contributed by atoms with Gasteiger partial charge in [0.05, 0.1) is 27.4 Å². The number of fused-ring (bicyclic) bond motifs is 5. The van der Waals surface area contributed by atoms with E-state index in [1.54, 1.807) is 24.3 Å². The number of carbonyl (C=O) groups is 2. The molecule has 2 aliphatic heterocycles. The Bertz CT molecular complexity index is 1290. The molecule has 2 saturated heterocycles. The minimum Gasteiger partial charge on any atom is -0.368 e. The zero-order valence-corrected chi connectivity index (χ0v) is 19.2. The van der Waals surface area contributed by atoms with Crippen LogP contribution in [0.2, 0.25) is 0 Å². The smallest absolute Gasteiger partial charge is 0.294 e. The first kappa shape index (κ1) is 22.2. The van der Waals surface area contributed by atoms with Crippen molar-refractivity contribution in [2.75, 3.05) is 40.9 Å². The van der Waals surface area contributed by atoms with E-state index in [-0.39, 0.29) is 52.5 Å². The molecule has 2 amide bonds. The second-order valence-corrected chi connectivity index (χ2v) is 9.69. The van der Waals surface area contributed by atoms with E-state index in [0.29, 0.717) is 31.9 Å². The molecule has 3 fully saturated rings. The summed E-state index contributed by atoms with van der Waals surface area (Å²) >= 11 is 0. The van der Waals surface area contributed by atoms with Gasteiger partial charge in [0.25, 0.3) is 11.4 Å². The Morgan fingerprint density at radius 3 is 1.83 bits per heavy atom. The standard InChI is InChI=1S/C25H23N5O6/c31-24-22-15-1-2-16(13-15)23(22)25(32)28(24)19-7-8-20(21(14-19)30(35)36)27-11-9-26(10-12-27)17-3-5-18(6-4-17)29(33)34/h1-8,14-16,22-23H,9-13H2/t15-,16-,22-,23+/m0/s1. The number of rotatable bonds is 5. The Morgan fingerprint density at radius 1 is 0.722 bits per heavy atom. The summed E-state index contributed by atoms with van der Waals surface area (Å²) < 4.78 is 0. The van der Waals surface area contributed by atoms with Crippen LogP contribution in [-0.4, -0.2) is 47.8 Å². The minimum atomic E-state index is -0.474. The molecule has 11 nitrogen and oxygen atoms in total. The Hall–Kier alpha value is -4.28. The summed E-state index contributed by atoms with van der Waals surface area (Å²) in [4.78, 5) is 53.4. The van der Waals surface area contributed by atoms with Crippen LogP contribution in [0.15, 0.2) is 54.6 Å². The summed E-state index contributed by atoms with van der Waals surface area (Å²) in [6.45, 7) is 2.19. The number of non-ortho nitro benzene ring substituents is 1. The fourth-order valence-electron chi connectivity index (χ4n) is 6.21. The van der Waals surface area contributed by atoms with Crippen LogP contribution in [0.25, 0.3) is 0 Å². The van der Waals surface area contributed by atoms with Gasteiger partial charge in [0.1, 0.15) is 5.69 Å². The number of hydrogen-bond donors (Lipinski definition) is 0. The highest BCUT2D eigenvalue weighted by atomic mass is 16.6. The Kier molecular flexibility index (Phi) is 5.02. The summed E-state index contributed by atoms with van der Waals surface area (Å²) in [5.74, 6) is -1.11. The second kappa shape index (κ2) is 8.14. The average Bonchev–Trinajstić information content (AvgIpc) is 3.57. The van der Waals surface area contributed by atoms with Crippen molar-refractivity contribution in [2.24, 2.45) is 23.7 Å². The molecule has 184 valence electrons. The first-order valence-corrected chi connectivity index (χ1v) is 11.9. The molecule has 2 aromatic carbocycles. The fraction of sp³-hybridized carbons (Fsp3) is 0.360. The van der Waals surface area contributed by atoms with Crippen LogP contribution in [0.1, 0.15) is 6.42 Å². The van der Waals surface area contributed by atoms with Crippen molar-refractivity contribution < 1.29 is 19.4 Å². The number of piperazine rings is 1. The second-order valence-electron chi connectivity index (χ2n) is 9.69. The van der Waals surface area contributed by atoms with Gasteiger partial charge in [-0.2, -0.15) is 0 Å². The largest absolute Gasteiger partial charge is 0.368 e. The van der Waals surface area contributed by atoms with E-state index in [0.717, 1.165) is 17.0 Å². The molecule has 2 aromatic rings. The SMILES string of the molecule is O=C1[C@@H]2[C@H](C(=O)N1c1ccc(N3CCN(c4ccc([N+](=O)[O-])cc4)CC3)c([N+](=O)[O-])c1)[C@H]1C=C[C@H]2C1. The van der Waals surface area contributed by atoms with Gasteiger partial charge in [-0.25, -0.2) is 4.90 Å². The van der Waals surface area contributed by atoms with Gasteiger partial charge in [-0.1, -0.05) is 12.2 Å². The van der Waals surface area contributed by atoms with E-state index >= 15 is 0 Å². The first-order valence-electron chi connectivity index (χ1n) is 11.9. The van der Waals surface area contributed by atoms with Gasteiger partial charge in [0, 0.05) is 50.1 Å². The number of carbonyl (C=O) groups excluding carboxylic acids is 2. The molecule has 0 unspecified atom stereocenters. The van der Waals surface area contributed by atoms with Gasteiger partial charge in [0.15, 0.2) is 0 Å². The molecule has 4 aliphatic rings. The van der Waals surface area contributed by atoms with E-state index in [9.17, 15) is 29.8 Å². The van der Waals surface area contributed by atoms with Crippen LogP contribution in [0.3, 0.4) is 0 Å². The van der Waals surface area contributed by atoms with Gasteiger partial charge < -0.3 is 9.80 Å². The van der Waals surface area contributed by atoms with Crippen LogP contribution in [0.4, 0.5) is 28.4 Å². The maximum absolute atomic E-state index is 13.1. The Morgan fingerprint density at radius 2 is 1.28 bits per heavy atom. The predicted octanol–water partition coefficient (Wildman–Crippen LogP) is 3.14. The zero-order valence-electron chi connectivity index (χ0n) is 19.2. The molecule has 6 rings (SSSR count). The topological polar surface area (TPSA) is 130 Å². The molecule has 2 aliphatic carbocycles. The van der Waals surface area contributed by atoms with Gasteiger partial charge >= 0.3 is 0 Å².